The van der Waals surface area contributed by atoms with Crippen molar-refractivity contribution in [3.8, 4) is 0 Å². The third-order valence-corrected chi connectivity index (χ3v) is 4.63. The fourth-order valence-electron chi connectivity index (χ4n) is 2.76. The van der Waals surface area contributed by atoms with Crippen molar-refractivity contribution in [2.24, 2.45) is 11.3 Å². The van der Waals surface area contributed by atoms with Gasteiger partial charge in [-0.2, -0.15) is 0 Å². The molecule has 0 radical (unpaired) electrons. The molecule has 1 aliphatic rings. The second-order valence-electron chi connectivity index (χ2n) is 7.27. The van der Waals surface area contributed by atoms with Crippen LogP contribution in [0.1, 0.15) is 49.0 Å². The molecule has 1 aliphatic carbocycles. The van der Waals surface area contributed by atoms with Crippen molar-refractivity contribution in [1.82, 2.24) is 10.6 Å². The monoisotopic (exact) mass is 346 g/mol. The average Bonchev–Trinajstić information content (AvgIpc) is 3.33. The van der Waals surface area contributed by atoms with Crippen LogP contribution in [0.3, 0.4) is 0 Å². The first-order valence-electron chi connectivity index (χ1n) is 8.63. The summed E-state index contributed by atoms with van der Waals surface area (Å²) in [6.07, 6.45) is 1.64. The first-order valence-corrected chi connectivity index (χ1v) is 8.63. The number of amides is 2. The van der Waals surface area contributed by atoms with Crippen LogP contribution in [0.2, 0.25) is 0 Å². The molecule has 1 unspecified atom stereocenters. The second-order valence-corrected chi connectivity index (χ2v) is 7.27. The van der Waals surface area contributed by atoms with Crippen molar-refractivity contribution in [3.63, 3.8) is 0 Å². The molecular formula is C19H26N2O4. The fourth-order valence-corrected chi connectivity index (χ4v) is 2.76. The molecule has 25 heavy (non-hydrogen) atoms. The van der Waals surface area contributed by atoms with E-state index in [4.69, 9.17) is 0 Å². The minimum atomic E-state index is -0.878. The maximum absolute atomic E-state index is 12.5. The number of nitrogens with one attached hydrogen (secondary N) is 2. The van der Waals surface area contributed by atoms with Gasteiger partial charge in [-0.15, -0.1) is 0 Å². The number of aryl methyl sites for hydroxylation is 1. The minimum Gasteiger partial charge on any atom is -0.481 e. The van der Waals surface area contributed by atoms with E-state index in [-0.39, 0.29) is 24.3 Å². The van der Waals surface area contributed by atoms with E-state index in [2.05, 4.69) is 10.6 Å². The zero-order valence-electron chi connectivity index (χ0n) is 15.0. The molecule has 2 amide bonds. The number of benzene rings is 1. The van der Waals surface area contributed by atoms with Crippen molar-refractivity contribution >= 4 is 17.8 Å². The second kappa shape index (κ2) is 7.68. The Balaban J connectivity index is 2.02. The van der Waals surface area contributed by atoms with Gasteiger partial charge in [-0.3, -0.25) is 14.4 Å². The van der Waals surface area contributed by atoms with E-state index in [0.717, 1.165) is 5.56 Å². The molecule has 0 bridgehead atoms. The highest BCUT2D eigenvalue weighted by atomic mass is 16.4. The zero-order chi connectivity index (χ0) is 18.6. The number of carboxylic acids is 1. The molecular weight excluding hydrogens is 320 g/mol. The number of hydrogen-bond acceptors (Lipinski definition) is 3. The summed E-state index contributed by atoms with van der Waals surface area (Å²) in [5, 5.41) is 14.7. The Bertz CT molecular complexity index is 665. The van der Waals surface area contributed by atoms with Crippen molar-refractivity contribution in [2.75, 3.05) is 6.54 Å². The molecule has 0 heterocycles. The largest absolute Gasteiger partial charge is 0.481 e. The maximum Gasteiger partial charge on any atom is 0.311 e. The maximum atomic E-state index is 12.5. The summed E-state index contributed by atoms with van der Waals surface area (Å²) in [7, 11) is 0. The molecule has 0 saturated heterocycles. The summed E-state index contributed by atoms with van der Waals surface area (Å²) in [6, 6.07) is 6.51. The Kier molecular flexibility index (Phi) is 5.82. The Morgan fingerprint density at radius 1 is 1.20 bits per heavy atom. The van der Waals surface area contributed by atoms with E-state index in [1.165, 1.54) is 0 Å². The third-order valence-electron chi connectivity index (χ3n) is 4.63. The number of rotatable bonds is 8. The molecule has 1 fully saturated rings. The van der Waals surface area contributed by atoms with Crippen LogP contribution in [0.25, 0.3) is 0 Å². The van der Waals surface area contributed by atoms with Gasteiger partial charge in [0, 0.05) is 12.1 Å². The summed E-state index contributed by atoms with van der Waals surface area (Å²) in [4.78, 5) is 36.2. The first kappa shape index (κ1) is 19.0. The number of carbonyl (C=O) groups is 3. The van der Waals surface area contributed by atoms with Gasteiger partial charge in [-0.25, -0.2) is 0 Å². The average molecular weight is 346 g/mol. The number of carboxylic acid groups (broad SMARTS) is 1. The Morgan fingerprint density at radius 2 is 1.84 bits per heavy atom. The van der Waals surface area contributed by atoms with Crippen LogP contribution >= 0.6 is 0 Å². The van der Waals surface area contributed by atoms with Gasteiger partial charge >= 0.3 is 5.97 Å². The highest BCUT2D eigenvalue weighted by Crippen LogP contribution is 2.45. The third kappa shape index (κ3) is 4.81. The van der Waals surface area contributed by atoms with E-state index in [1.807, 2.05) is 32.9 Å². The molecule has 6 nitrogen and oxygen atoms in total. The van der Waals surface area contributed by atoms with Crippen LogP contribution in [-0.2, 0) is 9.59 Å². The predicted octanol–water partition coefficient (Wildman–Crippen LogP) is 2.12. The molecule has 0 spiro atoms. The van der Waals surface area contributed by atoms with Gasteiger partial charge in [-0.1, -0.05) is 32.0 Å². The minimum absolute atomic E-state index is 0.107. The summed E-state index contributed by atoms with van der Waals surface area (Å²) in [5.41, 5.74) is 0.553. The van der Waals surface area contributed by atoms with Crippen LogP contribution in [0.15, 0.2) is 24.3 Å². The Hall–Kier alpha value is -2.37. The van der Waals surface area contributed by atoms with E-state index in [9.17, 15) is 19.5 Å². The molecule has 1 atom stereocenters. The lowest BCUT2D eigenvalue weighted by atomic mass is 10.0. The fraction of sp³-hybridized carbons (Fsp3) is 0.526. The molecule has 1 aromatic rings. The van der Waals surface area contributed by atoms with Gasteiger partial charge in [0.1, 0.15) is 6.04 Å². The number of aliphatic carboxylic acids is 1. The molecule has 6 heteroatoms. The predicted molar refractivity (Wildman–Crippen MR) is 94.2 cm³/mol. The summed E-state index contributed by atoms with van der Waals surface area (Å²) in [5.74, 6) is -1.29. The molecule has 136 valence electrons. The normalized spacial score (nSPS) is 16.2. The molecule has 0 aromatic heterocycles. The standard InChI is InChI=1S/C19H26N2O4/c1-12(2)10-15(17(23)20-11-19(8-9-19)18(24)25)21-16(22)14-7-5-4-6-13(14)3/h4-7,12,15H,8-11H2,1-3H3,(H,20,23)(H,21,22)(H,24,25). The summed E-state index contributed by atoms with van der Waals surface area (Å²) in [6.45, 7) is 5.89. The van der Waals surface area contributed by atoms with Crippen LogP contribution in [-0.4, -0.2) is 35.5 Å². The Morgan fingerprint density at radius 3 is 2.36 bits per heavy atom. The summed E-state index contributed by atoms with van der Waals surface area (Å²) < 4.78 is 0. The van der Waals surface area contributed by atoms with Gasteiger partial charge in [0.2, 0.25) is 5.91 Å². The van der Waals surface area contributed by atoms with E-state index >= 15 is 0 Å². The van der Waals surface area contributed by atoms with Crippen LogP contribution in [0.4, 0.5) is 0 Å². The van der Waals surface area contributed by atoms with Crippen LogP contribution in [0.5, 0.6) is 0 Å². The van der Waals surface area contributed by atoms with Gasteiger partial charge < -0.3 is 15.7 Å². The van der Waals surface area contributed by atoms with Crippen molar-refractivity contribution in [3.05, 3.63) is 35.4 Å². The van der Waals surface area contributed by atoms with Crippen LogP contribution in [0, 0.1) is 18.3 Å². The lowest BCUT2D eigenvalue weighted by Gasteiger charge is -2.21. The lowest BCUT2D eigenvalue weighted by molar-refractivity contribution is -0.143. The molecule has 1 aromatic carbocycles. The topological polar surface area (TPSA) is 95.5 Å². The SMILES string of the molecule is Cc1ccccc1C(=O)NC(CC(C)C)C(=O)NCC1(C(=O)O)CC1. The molecule has 3 N–H and O–H groups in total. The smallest absolute Gasteiger partial charge is 0.311 e. The van der Waals surface area contributed by atoms with Gasteiger partial charge in [0.15, 0.2) is 0 Å². The van der Waals surface area contributed by atoms with Gasteiger partial charge in [0.05, 0.1) is 5.41 Å². The first-order chi connectivity index (χ1) is 11.7. The summed E-state index contributed by atoms with van der Waals surface area (Å²) >= 11 is 0. The Labute approximate surface area is 148 Å². The lowest BCUT2D eigenvalue weighted by Crippen LogP contribution is -2.49. The van der Waals surface area contributed by atoms with E-state index < -0.39 is 17.4 Å². The zero-order valence-corrected chi connectivity index (χ0v) is 15.0. The molecule has 0 aliphatic heterocycles. The quantitative estimate of drug-likeness (QED) is 0.672. The van der Waals surface area contributed by atoms with Crippen molar-refractivity contribution < 1.29 is 19.5 Å². The molecule has 1 saturated carbocycles. The number of carbonyl (C=O) groups excluding carboxylic acids is 2. The highest BCUT2D eigenvalue weighted by molar-refractivity contribution is 5.98. The number of hydrogen-bond donors (Lipinski definition) is 3. The van der Waals surface area contributed by atoms with E-state index in [0.29, 0.717) is 24.8 Å². The van der Waals surface area contributed by atoms with E-state index in [1.54, 1.807) is 12.1 Å². The van der Waals surface area contributed by atoms with Gasteiger partial charge in [0.25, 0.3) is 5.91 Å². The van der Waals surface area contributed by atoms with Crippen molar-refractivity contribution in [2.45, 2.75) is 46.1 Å². The van der Waals surface area contributed by atoms with Crippen LogP contribution < -0.4 is 10.6 Å². The van der Waals surface area contributed by atoms with Crippen molar-refractivity contribution in [1.29, 1.82) is 0 Å². The molecule has 2 rings (SSSR count). The van der Waals surface area contributed by atoms with Gasteiger partial charge in [-0.05, 0) is 43.7 Å². The highest BCUT2D eigenvalue weighted by Gasteiger charge is 2.50.